The van der Waals surface area contributed by atoms with Gasteiger partial charge in [-0.3, -0.25) is 4.57 Å². The molecule has 2 aliphatic rings. The Hall–Kier alpha value is -6.97. The molecule has 0 amide bonds. The van der Waals surface area contributed by atoms with Crippen LogP contribution in [0.2, 0.25) is 0 Å². The first-order valence-electron chi connectivity index (χ1n) is 19.1. The van der Waals surface area contributed by atoms with E-state index < -0.39 is 0 Å². The van der Waals surface area contributed by atoms with Crippen LogP contribution in [0.25, 0.3) is 78.2 Å². The van der Waals surface area contributed by atoms with Gasteiger partial charge >= 0.3 is 0 Å². The Morgan fingerprint density at radius 1 is 0.527 bits per heavy atom. The number of hydrogen-bond acceptors (Lipinski definition) is 1. The van der Waals surface area contributed by atoms with E-state index in [1.165, 1.54) is 54.5 Å². The Bertz CT molecular complexity index is 3110. The second kappa shape index (κ2) is 12.3. The summed E-state index contributed by atoms with van der Waals surface area (Å²) in [5.41, 5.74) is 12.6. The monoisotopic (exact) mass is 703 g/mol. The molecule has 11 rings (SSSR count). The number of fused-ring (bicyclic) bond motifs is 7. The molecular formula is C52H37N3. The van der Waals surface area contributed by atoms with Crippen molar-refractivity contribution in [2.24, 2.45) is 5.41 Å². The molecule has 1 unspecified atom stereocenters. The molecule has 3 heterocycles. The Morgan fingerprint density at radius 3 is 1.93 bits per heavy atom. The third-order valence-electron chi connectivity index (χ3n) is 11.6. The fourth-order valence-electron chi connectivity index (χ4n) is 9.08. The summed E-state index contributed by atoms with van der Waals surface area (Å²) >= 11 is 0. The summed E-state index contributed by atoms with van der Waals surface area (Å²) in [7, 11) is 0. The lowest BCUT2D eigenvalue weighted by molar-refractivity contribution is 0.565. The van der Waals surface area contributed by atoms with Gasteiger partial charge in [-0.15, -0.1) is 0 Å². The highest BCUT2D eigenvalue weighted by molar-refractivity contribution is 6.10. The normalized spacial score (nSPS) is 16.2. The molecule has 0 saturated carbocycles. The molecule has 55 heavy (non-hydrogen) atoms. The van der Waals surface area contributed by atoms with Crippen LogP contribution in [-0.2, 0) is 0 Å². The van der Waals surface area contributed by atoms with Crippen LogP contribution in [0.15, 0.2) is 194 Å². The second-order valence-corrected chi connectivity index (χ2v) is 15.0. The molecule has 0 aliphatic heterocycles. The predicted molar refractivity (Wildman–Crippen MR) is 229 cm³/mol. The van der Waals surface area contributed by atoms with E-state index in [1.54, 1.807) is 0 Å². The van der Waals surface area contributed by atoms with Gasteiger partial charge in [-0.1, -0.05) is 159 Å². The minimum atomic E-state index is -0.179. The van der Waals surface area contributed by atoms with Gasteiger partial charge in [-0.2, -0.15) is 0 Å². The van der Waals surface area contributed by atoms with Crippen molar-refractivity contribution in [3.05, 3.63) is 210 Å². The maximum absolute atomic E-state index is 5.51. The molecule has 6 aromatic carbocycles. The average Bonchev–Trinajstić information content (AvgIpc) is 3.75. The van der Waals surface area contributed by atoms with Gasteiger partial charge < -0.3 is 4.57 Å². The minimum Gasteiger partial charge on any atom is -0.309 e. The van der Waals surface area contributed by atoms with Gasteiger partial charge in [-0.25, -0.2) is 4.98 Å². The summed E-state index contributed by atoms with van der Waals surface area (Å²) in [6.07, 6.45) is 10.4. The standard InChI is InChI=1S/C52H37N3/c1-52-30-16-15-25-44(52)50(37-28-29-42-40-23-11-13-26-46(40)54(48(42)32-37)39-21-9-4-10-22-39)51-43(34-52)41-24-12-14-27-47(41)55(51)49-33-38(35-17-5-2-6-18-35)31-45(53-49)36-19-7-3-8-20-36/h2-29,31-34H,30H2,1H3. The number of nitrogens with zero attached hydrogens (tertiary/aromatic N) is 3. The van der Waals surface area contributed by atoms with Crippen molar-refractivity contribution in [2.45, 2.75) is 13.3 Å². The zero-order chi connectivity index (χ0) is 36.5. The Kier molecular flexibility index (Phi) is 7.05. The first-order chi connectivity index (χ1) is 27.1. The number of para-hydroxylation sites is 3. The lowest BCUT2D eigenvalue weighted by Crippen LogP contribution is -2.40. The van der Waals surface area contributed by atoms with Gasteiger partial charge in [0.25, 0.3) is 0 Å². The van der Waals surface area contributed by atoms with Crippen molar-refractivity contribution in [2.75, 3.05) is 0 Å². The molecule has 0 saturated heterocycles. The Balaban J connectivity index is 1.29. The fourth-order valence-corrected chi connectivity index (χ4v) is 9.08. The molecule has 0 N–H and O–H groups in total. The summed E-state index contributed by atoms with van der Waals surface area (Å²) in [5.74, 6) is 0.901. The molecule has 9 aromatic rings. The van der Waals surface area contributed by atoms with Crippen molar-refractivity contribution in [1.29, 1.82) is 0 Å². The van der Waals surface area contributed by atoms with Gasteiger partial charge in [0.15, 0.2) is 0 Å². The highest BCUT2D eigenvalue weighted by Gasteiger charge is 2.35. The van der Waals surface area contributed by atoms with Crippen molar-refractivity contribution in [3.8, 4) is 33.9 Å². The topological polar surface area (TPSA) is 22.8 Å². The summed E-state index contributed by atoms with van der Waals surface area (Å²) < 4.78 is 4.86. The molecule has 0 bridgehead atoms. The van der Waals surface area contributed by atoms with Gasteiger partial charge in [-0.05, 0) is 71.1 Å². The Morgan fingerprint density at radius 2 is 1.16 bits per heavy atom. The molecule has 1 atom stereocenters. The van der Waals surface area contributed by atoms with Crippen LogP contribution in [0.5, 0.6) is 0 Å². The van der Waals surface area contributed by atoms with Crippen LogP contribution >= 0.6 is 0 Å². The van der Waals surface area contributed by atoms with E-state index >= 15 is 0 Å². The molecule has 0 radical (unpaired) electrons. The third-order valence-corrected chi connectivity index (χ3v) is 11.6. The first-order valence-corrected chi connectivity index (χ1v) is 19.1. The highest BCUT2D eigenvalue weighted by Crippen LogP contribution is 2.45. The van der Waals surface area contributed by atoms with Crippen LogP contribution in [0.1, 0.15) is 18.9 Å². The molecule has 3 heteroatoms. The summed E-state index contributed by atoms with van der Waals surface area (Å²) in [6.45, 7) is 2.40. The fraction of sp³-hybridized carbons (Fsp3) is 0.0577. The van der Waals surface area contributed by atoms with Gasteiger partial charge in [0.1, 0.15) is 5.82 Å². The van der Waals surface area contributed by atoms with Crippen LogP contribution in [0.4, 0.5) is 0 Å². The van der Waals surface area contributed by atoms with E-state index in [0.717, 1.165) is 45.8 Å². The molecule has 3 nitrogen and oxygen atoms in total. The van der Waals surface area contributed by atoms with Gasteiger partial charge in [0, 0.05) is 43.6 Å². The van der Waals surface area contributed by atoms with Crippen LogP contribution in [-0.4, -0.2) is 14.1 Å². The molecule has 0 fully saturated rings. The number of rotatable bonds is 5. The van der Waals surface area contributed by atoms with Crippen molar-refractivity contribution < 1.29 is 0 Å². The molecular weight excluding hydrogens is 667 g/mol. The van der Waals surface area contributed by atoms with E-state index in [4.69, 9.17) is 4.98 Å². The van der Waals surface area contributed by atoms with Crippen molar-refractivity contribution >= 4 is 44.4 Å². The molecule has 260 valence electrons. The van der Waals surface area contributed by atoms with E-state index in [0.29, 0.717) is 0 Å². The molecule has 2 aliphatic carbocycles. The summed E-state index contributed by atoms with van der Waals surface area (Å²) in [5, 5.41) is 6.18. The number of allylic oxidation sites excluding steroid dienone is 4. The highest BCUT2D eigenvalue weighted by atomic mass is 15.1. The Labute approximate surface area is 319 Å². The summed E-state index contributed by atoms with van der Waals surface area (Å²) in [4.78, 5) is 5.51. The first kappa shape index (κ1) is 31.5. The smallest absolute Gasteiger partial charge is 0.138 e. The second-order valence-electron chi connectivity index (χ2n) is 15.0. The van der Waals surface area contributed by atoms with Crippen LogP contribution in [0.3, 0.4) is 0 Å². The third kappa shape index (κ3) is 4.93. The number of benzene rings is 6. The molecule has 0 spiro atoms. The number of hydrogen-bond donors (Lipinski definition) is 0. The summed E-state index contributed by atoms with van der Waals surface area (Å²) in [6, 6.07) is 61.2. The number of pyridine rings is 1. The maximum Gasteiger partial charge on any atom is 0.138 e. The van der Waals surface area contributed by atoms with Gasteiger partial charge in [0.2, 0.25) is 0 Å². The zero-order valence-electron chi connectivity index (χ0n) is 30.5. The average molecular weight is 704 g/mol. The van der Waals surface area contributed by atoms with E-state index in [-0.39, 0.29) is 5.41 Å². The van der Waals surface area contributed by atoms with Gasteiger partial charge in [0.05, 0.1) is 27.6 Å². The van der Waals surface area contributed by atoms with E-state index in [2.05, 4.69) is 210 Å². The maximum atomic E-state index is 5.51. The van der Waals surface area contributed by atoms with Crippen LogP contribution in [0, 0.1) is 5.41 Å². The quantitative estimate of drug-likeness (QED) is 0.175. The number of aromatic nitrogens is 3. The van der Waals surface area contributed by atoms with Crippen molar-refractivity contribution in [3.63, 3.8) is 0 Å². The minimum absolute atomic E-state index is 0.179. The van der Waals surface area contributed by atoms with E-state index in [9.17, 15) is 0 Å². The predicted octanol–water partition coefficient (Wildman–Crippen LogP) is 11.3. The van der Waals surface area contributed by atoms with Crippen molar-refractivity contribution in [1.82, 2.24) is 14.1 Å². The van der Waals surface area contributed by atoms with E-state index in [1.807, 2.05) is 0 Å². The molecule has 3 aromatic heterocycles. The SMILES string of the molecule is CC12C=c3c(n(-c4cc(-c5ccccc5)cc(-c5ccccc5)n4)c4ccccc34)=C(c3ccc4c5ccccc5n(-c5ccccc5)c4c3)C1=CC=CC2. The lowest BCUT2D eigenvalue weighted by atomic mass is 9.69. The lowest BCUT2D eigenvalue weighted by Gasteiger charge is -2.35. The van der Waals surface area contributed by atoms with Crippen LogP contribution < -0.4 is 10.6 Å². The largest absolute Gasteiger partial charge is 0.309 e. The zero-order valence-corrected chi connectivity index (χ0v) is 30.5.